The summed E-state index contributed by atoms with van der Waals surface area (Å²) >= 11 is 2.78. The highest BCUT2D eigenvalue weighted by atomic mass is 32.1. The Balaban J connectivity index is 1.47. The van der Waals surface area contributed by atoms with Gasteiger partial charge in [-0.2, -0.15) is 0 Å². The van der Waals surface area contributed by atoms with Crippen molar-refractivity contribution in [3.05, 3.63) is 64.0 Å². The number of amides is 2. The number of aromatic nitrogens is 2. The van der Waals surface area contributed by atoms with Crippen molar-refractivity contribution < 1.29 is 14.0 Å². The standard InChI is InChI=1S/C19H15FN4O2S2/c20-13-5-3-12(4-6-13)16-17(24-9-11-28-19(24)23-16)22-15(25)7-8-21-18(26)14-2-1-10-27-14/h1-6,9-11H,7-8H2,(H,21,26)(H,22,25). The Morgan fingerprint density at radius 3 is 2.68 bits per heavy atom. The second-order valence-electron chi connectivity index (χ2n) is 5.90. The zero-order valence-electron chi connectivity index (χ0n) is 14.5. The molecule has 0 unspecified atom stereocenters. The van der Waals surface area contributed by atoms with Crippen LogP contribution in [0.5, 0.6) is 0 Å². The summed E-state index contributed by atoms with van der Waals surface area (Å²) in [6.07, 6.45) is 1.94. The van der Waals surface area contributed by atoms with E-state index in [0.717, 1.165) is 4.96 Å². The zero-order chi connectivity index (χ0) is 19.5. The molecular weight excluding hydrogens is 399 g/mol. The number of thiophene rings is 1. The molecule has 0 bridgehead atoms. The first-order valence-corrected chi connectivity index (χ1v) is 10.2. The molecule has 0 saturated heterocycles. The number of hydrogen-bond donors (Lipinski definition) is 2. The largest absolute Gasteiger partial charge is 0.351 e. The summed E-state index contributed by atoms with van der Waals surface area (Å²) in [5.41, 5.74) is 1.28. The average Bonchev–Trinajstić information content (AvgIpc) is 3.41. The van der Waals surface area contributed by atoms with Crippen molar-refractivity contribution in [1.82, 2.24) is 14.7 Å². The second-order valence-corrected chi connectivity index (χ2v) is 7.72. The van der Waals surface area contributed by atoms with Crippen LogP contribution in [-0.4, -0.2) is 27.7 Å². The minimum atomic E-state index is -0.336. The lowest BCUT2D eigenvalue weighted by molar-refractivity contribution is -0.116. The van der Waals surface area contributed by atoms with Gasteiger partial charge in [0.15, 0.2) is 4.96 Å². The first-order chi connectivity index (χ1) is 13.6. The van der Waals surface area contributed by atoms with Gasteiger partial charge >= 0.3 is 0 Å². The van der Waals surface area contributed by atoms with E-state index in [2.05, 4.69) is 15.6 Å². The van der Waals surface area contributed by atoms with Gasteiger partial charge in [0, 0.05) is 30.1 Å². The SMILES string of the molecule is O=C(CCNC(=O)c1cccs1)Nc1c(-c2ccc(F)cc2)nc2sccn12. The Morgan fingerprint density at radius 1 is 1.11 bits per heavy atom. The predicted molar refractivity (Wildman–Crippen MR) is 108 cm³/mol. The molecule has 6 nitrogen and oxygen atoms in total. The molecule has 0 aliphatic heterocycles. The first kappa shape index (κ1) is 18.3. The van der Waals surface area contributed by atoms with Gasteiger partial charge in [-0.15, -0.1) is 22.7 Å². The fraction of sp³-hybridized carbons (Fsp3) is 0.105. The summed E-state index contributed by atoms with van der Waals surface area (Å²) in [5.74, 6) is -0.253. The smallest absolute Gasteiger partial charge is 0.261 e. The monoisotopic (exact) mass is 414 g/mol. The topological polar surface area (TPSA) is 75.5 Å². The molecule has 0 radical (unpaired) electrons. The molecule has 2 N–H and O–H groups in total. The first-order valence-electron chi connectivity index (χ1n) is 8.45. The Bertz CT molecular complexity index is 1120. The minimum Gasteiger partial charge on any atom is -0.351 e. The number of anilines is 1. The summed E-state index contributed by atoms with van der Waals surface area (Å²) in [6, 6.07) is 9.49. The Kier molecular flexibility index (Phi) is 5.18. The number of fused-ring (bicyclic) bond motifs is 1. The highest BCUT2D eigenvalue weighted by molar-refractivity contribution is 7.15. The van der Waals surface area contributed by atoms with E-state index in [1.54, 1.807) is 28.7 Å². The maximum atomic E-state index is 13.2. The third-order valence-electron chi connectivity index (χ3n) is 4.02. The van der Waals surface area contributed by atoms with E-state index < -0.39 is 0 Å². The van der Waals surface area contributed by atoms with Crippen LogP contribution in [0, 0.1) is 5.82 Å². The van der Waals surface area contributed by atoms with Gasteiger partial charge in [0.25, 0.3) is 5.91 Å². The van der Waals surface area contributed by atoms with Crippen LogP contribution in [0.25, 0.3) is 16.2 Å². The summed E-state index contributed by atoms with van der Waals surface area (Å²) < 4.78 is 15.0. The summed E-state index contributed by atoms with van der Waals surface area (Å²) in [4.78, 5) is 30.2. The van der Waals surface area contributed by atoms with Crippen LogP contribution in [-0.2, 0) is 4.79 Å². The third kappa shape index (κ3) is 3.80. The maximum Gasteiger partial charge on any atom is 0.261 e. The van der Waals surface area contributed by atoms with Crippen molar-refractivity contribution >= 4 is 45.3 Å². The quantitative estimate of drug-likeness (QED) is 0.500. The molecule has 4 rings (SSSR count). The second kappa shape index (κ2) is 7.91. The number of hydrogen-bond acceptors (Lipinski definition) is 5. The van der Waals surface area contributed by atoms with E-state index in [0.29, 0.717) is 22.0 Å². The number of carbonyl (C=O) groups excluding carboxylic acids is 2. The van der Waals surface area contributed by atoms with Crippen LogP contribution in [0.4, 0.5) is 10.2 Å². The Labute approximate surface area is 167 Å². The van der Waals surface area contributed by atoms with Crippen LogP contribution in [0.3, 0.4) is 0 Å². The number of nitrogens with zero attached hydrogens (tertiary/aromatic N) is 2. The van der Waals surface area contributed by atoms with Gasteiger partial charge < -0.3 is 10.6 Å². The summed E-state index contributed by atoms with van der Waals surface area (Å²) in [6.45, 7) is 0.222. The van der Waals surface area contributed by atoms with Crippen LogP contribution < -0.4 is 10.6 Å². The zero-order valence-corrected chi connectivity index (χ0v) is 16.1. The average molecular weight is 414 g/mol. The molecule has 9 heteroatoms. The van der Waals surface area contributed by atoms with Gasteiger partial charge in [0.1, 0.15) is 17.3 Å². The van der Waals surface area contributed by atoms with Crippen LogP contribution >= 0.6 is 22.7 Å². The highest BCUT2D eigenvalue weighted by Gasteiger charge is 2.17. The van der Waals surface area contributed by atoms with E-state index in [1.807, 2.05) is 17.0 Å². The van der Waals surface area contributed by atoms with E-state index >= 15 is 0 Å². The molecular formula is C19H15FN4O2S2. The van der Waals surface area contributed by atoms with Gasteiger partial charge in [-0.25, -0.2) is 9.37 Å². The van der Waals surface area contributed by atoms with Crippen molar-refractivity contribution in [3.63, 3.8) is 0 Å². The fourth-order valence-electron chi connectivity index (χ4n) is 2.69. The van der Waals surface area contributed by atoms with E-state index in [4.69, 9.17) is 0 Å². The normalized spacial score (nSPS) is 10.9. The molecule has 1 aromatic carbocycles. The molecule has 0 aliphatic rings. The minimum absolute atomic E-state index is 0.122. The maximum absolute atomic E-state index is 13.2. The third-order valence-corrected chi connectivity index (χ3v) is 5.65. The molecule has 0 saturated carbocycles. The number of carbonyl (C=O) groups is 2. The fourth-order valence-corrected chi connectivity index (χ4v) is 4.05. The van der Waals surface area contributed by atoms with Crippen molar-refractivity contribution in [2.24, 2.45) is 0 Å². The predicted octanol–water partition coefficient (Wildman–Crippen LogP) is 4.02. The molecule has 4 aromatic rings. The number of halogens is 1. The van der Waals surface area contributed by atoms with Gasteiger partial charge in [0.05, 0.1) is 4.88 Å². The lowest BCUT2D eigenvalue weighted by atomic mass is 10.1. The molecule has 0 atom stereocenters. The van der Waals surface area contributed by atoms with Crippen LogP contribution in [0.1, 0.15) is 16.1 Å². The molecule has 0 fully saturated rings. The van der Waals surface area contributed by atoms with Crippen LogP contribution in [0.15, 0.2) is 53.4 Å². The molecule has 2 amide bonds. The highest BCUT2D eigenvalue weighted by Crippen LogP contribution is 2.30. The summed E-state index contributed by atoms with van der Waals surface area (Å²) in [5, 5.41) is 9.29. The lowest BCUT2D eigenvalue weighted by Gasteiger charge is -2.08. The number of imidazole rings is 1. The molecule has 142 valence electrons. The van der Waals surface area contributed by atoms with Crippen molar-refractivity contribution in [3.8, 4) is 11.3 Å². The summed E-state index contributed by atoms with van der Waals surface area (Å²) in [7, 11) is 0. The lowest BCUT2D eigenvalue weighted by Crippen LogP contribution is -2.27. The molecule has 3 heterocycles. The van der Waals surface area contributed by atoms with Crippen molar-refractivity contribution in [1.29, 1.82) is 0 Å². The van der Waals surface area contributed by atoms with Crippen molar-refractivity contribution in [2.45, 2.75) is 6.42 Å². The van der Waals surface area contributed by atoms with Crippen molar-refractivity contribution in [2.75, 3.05) is 11.9 Å². The molecule has 28 heavy (non-hydrogen) atoms. The number of rotatable bonds is 6. The number of benzene rings is 1. The Hall–Kier alpha value is -3.04. The number of nitrogens with one attached hydrogen (secondary N) is 2. The van der Waals surface area contributed by atoms with Gasteiger partial charge in [-0.05, 0) is 35.7 Å². The molecule has 0 spiro atoms. The van der Waals surface area contributed by atoms with Crippen LogP contribution in [0.2, 0.25) is 0 Å². The van der Waals surface area contributed by atoms with E-state index in [1.165, 1.54) is 34.8 Å². The molecule has 0 aliphatic carbocycles. The van der Waals surface area contributed by atoms with E-state index in [9.17, 15) is 14.0 Å². The molecule has 3 aromatic heterocycles. The van der Waals surface area contributed by atoms with Gasteiger partial charge in [-0.3, -0.25) is 14.0 Å². The number of thiazole rings is 1. The van der Waals surface area contributed by atoms with E-state index in [-0.39, 0.29) is 30.6 Å². The Morgan fingerprint density at radius 2 is 1.93 bits per heavy atom. The van der Waals surface area contributed by atoms with Gasteiger partial charge in [0.2, 0.25) is 5.91 Å². The van der Waals surface area contributed by atoms with Gasteiger partial charge in [-0.1, -0.05) is 6.07 Å².